The van der Waals surface area contributed by atoms with Crippen LogP contribution in [0.1, 0.15) is 23.2 Å². The second-order valence-electron chi connectivity index (χ2n) is 7.85. The Labute approximate surface area is 171 Å². The summed E-state index contributed by atoms with van der Waals surface area (Å²) in [6.45, 7) is 2.16. The first-order chi connectivity index (χ1) is 14.1. The van der Waals surface area contributed by atoms with Gasteiger partial charge in [0.2, 0.25) is 5.91 Å². The second-order valence-corrected chi connectivity index (χ2v) is 7.85. The molecular formula is C24H27N3O2. The molecule has 0 saturated carbocycles. The van der Waals surface area contributed by atoms with E-state index in [1.54, 1.807) is 0 Å². The van der Waals surface area contributed by atoms with Gasteiger partial charge in [-0.15, -0.1) is 0 Å². The van der Waals surface area contributed by atoms with Gasteiger partial charge in [0.1, 0.15) is 0 Å². The number of nitrogens with zero attached hydrogens (tertiary/aromatic N) is 3. The van der Waals surface area contributed by atoms with Gasteiger partial charge in [-0.05, 0) is 31.5 Å². The van der Waals surface area contributed by atoms with Crippen molar-refractivity contribution in [2.75, 3.05) is 33.2 Å². The third-order valence-corrected chi connectivity index (χ3v) is 5.71. The normalized spacial score (nSPS) is 14.1. The fourth-order valence-electron chi connectivity index (χ4n) is 4.29. The number of amides is 1. The van der Waals surface area contributed by atoms with Crippen molar-refractivity contribution in [2.24, 2.45) is 7.05 Å². The summed E-state index contributed by atoms with van der Waals surface area (Å²) in [6, 6.07) is 18.0. The Kier molecular flexibility index (Phi) is 5.49. The van der Waals surface area contributed by atoms with Gasteiger partial charge in [-0.3, -0.25) is 14.5 Å². The summed E-state index contributed by atoms with van der Waals surface area (Å²) in [5, 5.41) is 0.957. The van der Waals surface area contributed by atoms with E-state index in [-0.39, 0.29) is 24.8 Å². The van der Waals surface area contributed by atoms with Crippen LogP contribution in [0, 0.1) is 0 Å². The van der Waals surface area contributed by atoms with E-state index < -0.39 is 0 Å². The molecule has 0 radical (unpaired) electrons. The number of likely N-dealkylation sites (tertiary alicyclic amines) is 1. The number of carbonyl (C=O) groups is 2. The van der Waals surface area contributed by atoms with Gasteiger partial charge in [-0.2, -0.15) is 0 Å². The van der Waals surface area contributed by atoms with Gasteiger partial charge in [0.25, 0.3) is 0 Å². The minimum atomic E-state index is 0.0392. The molecule has 2 heterocycles. The number of likely N-dealkylation sites (N-methyl/N-ethyl adjacent to an activating group) is 1. The fourth-order valence-corrected chi connectivity index (χ4v) is 4.29. The lowest BCUT2D eigenvalue weighted by atomic mass is 10.0. The molecule has 1 fully saturated rings. The molecule has 0 aliphatic carbocycles. The number of ketones is 1. The van der Waals surface area contributed by atoms with Crippen LogP contribution in [0.15, 0.2) is 54.6 Å². The predicted octanol–water partition coefficient (Wildman–Crippen LogP) is 3.58. The summed E-state index contributed by atoms with van der Waals surface area (Å²) >= 11 is 0. The zero-order chi connectivity index (χ0) is 20.4. The van der Waals surface area contributed by atoms with Crippen LogP contribution in [0.3, 0.4) is 0 Å². The number of benzene rings is 2. The predicted molar refractivity (Wildman–Crippen MR) is 116 cm³/mol. The van der Waals surface area contributed by atoms with Gasteiger partial charge >= 0.3 is 0 Å². The molecule has 0 atom stereocenters. The molecule has 5 heteroatoms. The maximum absolute atomic E-state index is 13.4. The van der Waals surface area contributed by atoms with Gasteiger partial charge < -0.3 is 9.47 Å². The average molecular weight is 389 g/mol. The smallest absolute Gasteiger partial charge is 0.236 e. The zero-order valence-electron chi connectivity index (χ0n) is 17.1. The minimum Gasteiger partial charge on any atom is -0.343 e. The summed E-state index contributed by atoms with van der Waals surface area (Å²) in [6.07, 6.45) is 2.15. The average Bonchev–Trinajstić information content (AvgIpc) is 3.36. The molecule has 2 aromatic carbocycles. The Morgan fingerprint density at radius 3 is 2.31 bits per heavy atom. The Morgan fingerprint density at radius 2 is 1.59 bits per heavy atom. The molecular weight excluding hydrogens is 362 g/mol. The maximum Gasteiger partial charge on any atom is 0.236 e. The van der Waals surface area contributed by atoms with Crippen molar-refractivity contribution in [3.05, 3.63) is 60.2 Å². The highest BCUT2D eigenvalue weighted by Gasteiger charge is 2.24. The summed E-state index contributed by atoms with van der Waals surface area (Å²) in [4.78, 5) is 29.6. The third kappa shape index (κ3) is 3.83. The summed E-state index contributed by atoms with van der Waals surface area (Å²) in [7, 11) is 3.85. The lowest BCUT2D eigenvalue weighted by molar-refractivity contribution is -0.130. The van der Waals surface area contributed by atoms with Crippen LogP contribution in [0.2, 0.25) is 0 Å². The van der Waals surface area contributed by atoms with Crippen molar-refractivity contribution in [3.8, 4) is 11.3 Å². The molecule has 5 nitrogen and oxygen atoms in total. The molecule has 1 saturated heterocycles. The molecule has 0 spiro atoms. The van der Waals surface area contributed by atoms with Crippen molar-refractivity contribution in [2.45, 2.75) is 12.8 Å². The number of carbonyl (C=O) groups excluding carboxylic acids is 2. The number of hydrogen-bond acceptors (Lipinski definition) is 3. The Morgan fingerprint density at radius 1 is 0.931 bits per heavy atom. The van der Waals surface area contributed by atoms with Crippen molar-refractivity contribution in [3.63, 3.8) is 0 Å². The van der Waals surface area contributed by atoms with E-state index in [1.165, 1.54) is 0 Å². The number of hydrogen-bond donors (Lipinski definition) is 0. The maximum atomic E-state index is 13.4. The quantitative estimate of drug-likeness (QED) is 0.606. The summed E-state index contributed by atoms with van der Waals surface area (Å²) in [5.41, 5.74) is 3.71. The van der Waals surface area contributed by atoms with E-state index in [2.05, 4.69) is 4.57 Å². The highest BCUT2D eigenvalue weighted by atomic mass is 16.2. The molecule has 1 amide bonds. The Hall–Kier alpha value is -2.92. The van der Waals surface area contributed by atoms with E-state index in [0.717, 1.165) is 53.7 Å². The molecule has 0 unspecified atom stereocenters. The van der Waals surface area contributed by atoms with E-state index >= 15 is 0 Å². The highest BCUT2D eigenvalue weighted by molar-refractivity contribution is 6.14. The standard InChI is InChI=1S/C24H27N3O2/c1-25(17-22(29)27-14-8-9-15-27)16-21(28)23-19-12-6-7-13-20(19)26(2)24(23)18-10-4-3-5-11-18/h3-7,10-13H,8-9,14-17H2,1-2H3. The van der Waals surface area contributed by atoms with E-state index in [4.69, 9.17) is 0 Å². The van der Waals surface area contributed by atoms with Crippen molar-refractivity contribution in [1.29, 1.82) is 0 Å². The molecule has 1 aromatic heterocycles. The van der Waals surface area contributed by atoms with Crippen molar-refractivity contribution in [1.82, 2.24) is 14.4 Å². The number of fused-ring (bicyclic) bond motifs is 1. The molecule has 0 bridgehead atoms. The number of Topliss-reactive ketones (excluding diaryl/α,β-unsaturated/α-hetero) is 1. The van der Waals surface area contributed by atoms with Gasteiger partial charge in [0.05, 0.1) is 24.3 Å². The first-order valence-corrected chi connectivity index (χ1v) is 10.2. The molecule has 29 heavy (non-hydrogen) atoms. The van der Waals surface area contributed by atoms with E-state index in [9.17, 15) is 9.59 Å². The van der Waals surface area contributed by atoms with Gasteiger partial charge in [0.15, 0.2) is 5.78 Å². The van der Waals surface area contributed by atoms with Crippen molar-refractivity contribution >= 4 is 22.6 Å². The lowest BCUT2D eigenvalue weighted by Crippen LogP contribution is -2.39. The van der Waals surface area contributed by atoms with Crippen LogP contribution in [-0.4, -0.2) is 59.3 Å². The van der Waals surface area contributed by atoms with Crippen LogP contribution in [0.4, 0.5) is 0 Å². The first kappa shape index (κ1) is 19.4. The molecule has 1 aliphatic heterocycles. The van der Waals surface area contributed by atoms with Crippen molar-refractivity contribution < 1.29 is 9.59 Å². The summed E-state index contributed by atoms with van der Waals surface area (Å²) < 4.78 is 2.09. The summed E-state index contributed by atoms with van der Waals surface area (Å²) in [5.74, 6) is 0.149. The van der Waals surface area contributed by atoms with E-state index in [1.807, 2.05) is 78.5 Å². The highest BCUT2D eigenvalue weighted by Crippen LogP contribution is 2.33. The lowest BCUT2D eigenvalue weighted by Gasteiger charge is -2.20. The Balaban J connectivity index is 1.64. The van der Waals surface area contributed by atoms with Gasteiger partial charge in [0, 0.05) is 31.0 Å². The SMILES string of the molecule is CN(CC(=O)c1c(-c2ccccc2)n(C)c2ccccc12)CC(=O)N1CCCC1. The van der Waals surface area contributed by atoms with Crippen LogP contribution >= 0.6 is 0 Å². The zero-order valence-corrected chi connectivity index (χ0v) is 17.1. The minimum absolute atomic E-state index is 0.0392. The number of para-hydroxylation sites is 1. The van der Waals surface area contributed by atoms with Crippen LogP contribution in [0.5, 0.6) is 0 Å². The molecule has 1 aliphatic rings. The molecule has 4 rings (SSSR count). The molecule has 3 aromatic rings. The Bertz CT molecular complexity index is 1030. The topological polar surface area (TPSA) is 45.6 Å². The van der Waals surface area contributed by atoms with Gasteiger partial charge in [-0.1, -0.05) is 48.5 Å². The fraction of sp³-hybridized carbons (Fsp3) is 0.333. The first-order valence-electron chi connectivity index (χ1n) is 10.2. The second kappa shape index (κ2) is 8.21. The monoisotopic (exact) mass is 389 g/mol. The van der Waals surface area contributed by atoms with Crippen LogP contribution < -0.4 is 0 Å². The number of rotatable bonds is 6. The largest absolute Gasteiger partial charge is 0.343 e. The number of aromatic nitrogens is 1. The molecule has 150 valence electrons. The number of aryl methyl sites for hydroxylation is 1. The van der Waals surface area contributed by atoms with Crippen LogP contribution in [-0.2, 0) is 11.8 Å². The van der Waals surface area contributed by atoms with Crippen LogP contribution in [0.25, 0.3) is 22.2 Å². The third-order valence-electron chi connectivity index (χ3n) is 5.71. The van der Waals surface area contributed by atoms with E-state index in [0.29, 0.717) is 0 Å². The molecule has 0 N–H and O–H groups in total. The van der Waals surface area contributed by atoms with Gasteiger partial charge in [-0.25, -0.2) is 0 Å².